The zero-order valence-electron chi connectivity index (χ0n) is 30.3. The van der Waals surface area contributed by atoms with Gasteiger partial charge >= 0.3 is 0 Å². The molecule has 0 amide bonds. The van der Waals surface area contributed by atoms with Crippen LogP contribution in [-0.4, -0.2) is 16.5 Å². The van der Waals surface area contributed by atoms with Crippen LogP contribution in [0.1, 0.15) is 135 Å². The number of fused-ring (bicyclic) bond motifs is 13. The molecule has 0 aromatic rings. The summed E-state index contributed by atoms with van der Waals surface area (Å²) in [6.45, 7) is 0. The third-order valence-corrected chi connectivity index (χ3v) is 19.2. The van der Waals surface area contributed by atoms with Crippen molar-refractivity contribution in [1.82, 2.24) is 5.32 Å². The van der Waals surface area contributed by atoms with Crippen LogP contribution >= 0.6 is 11.8 Å². The van der Waals surface area contributed by atoms with E-state index in [9.17, 15) is 0 Å². The lowest BCUT2D eigenvalue weighted by Crippen LogP contribution is -2.41. The first-order valence-corrected chi connectivity index (χ1v) is 22.8. The molecule has 0 aromatic heterocycles. The van der Waals surface area contributed by atoms with Gasteiger partial charge in [-0.2, -0.15) is 0 Å². The molecule has 12 unspecified atom stereocenters. The molecule has 1 heterocycles. The maximum atomic E-state index is 4.31. The molecule has 2 heteroatoms. The lowest BCUT2D eigenvalue weighted by Gasteiger charge is -2.47. The van der Waals surface area contributed by atoms with Gasteiger partial charge in [-0.15, -0.1) is 11.8 Å². The lowest BCUT2D eigenvalue weighted by molar-refractivity contribution is 0.0820. The highest BCUT2D eigenvalue weighted by molar-refractivity contribution is 8.01. The summed E-state index contributed by atoms with van der Waals surface area (Å²) in [5, 5.41) is 5.88. The molecule has 1 saturated heterocycles. The van der Waals surface area contributed by atoms with Gasteiger partial charge in [0, 0.05) is 39.5 Å². The molecule has 11 aliphatic rings. The lowest BCUT2D eigenvalue weighted by atomic mass is 9.56. The molecule has 4 fully saturated rings. The van der Waals surface area contributed by atoms with E-state index in [0.29, 0.717) is 23.3 Å². The van der Waals surface area contributed by atoms with E-state index in [4.69, 9.17) is 0 Å². The summed E-state index contributed by atoms with van der Waals surface area (Å²) in [5.41, 5.74) is 9.69. The van der Waals surface area contributed by atoms with E-state index < -0.39 is 0 Å². The summed E-state index contributed by atoms with van der Waals surface area (Å²) in [6.07, 6.45) is 48.9. The van der Waals surface area contributed by atoms with Crippen LogP contribution in [0.5, 0.6) is 0 Å². The van der Waals surface area contributed by atoms with Gasteiger partial charge < -0.3 is 5.32 Å². The largest absolute Gasteiger partial charge is 0.386 e. The third kappa shape index (κ3) is 4.75. The molecule has 0 radical (unpaired) electrons. The van der Waals surface area contributed by atoms with Crippen LogP contribution in [0.4, 0.5) is 0 Å². The van der Waals surface area contributed by atoms with Crippen molar-refractivity contribution < 1.29 is 0 Å². The van der Waals surface area contributed by atoms with Crippen molar-refractivity contribution in [2.45, 2.75) is 151 Å². The number of rotatable bonds is 3. The number of hydrogen-bond donors (Lipinski definition) is 1. The summed E-state index contributed by atoms with van der Waals surface area (Å²) in [4.78, 5) is 0. The van der Waals surface area contributed by atoms with E-state index >= 15 is 0 Å². The van der Waals surface area contributed by atoms with Gasteiger partial charge in [-0.3, -0.25) is 0 Å². The Balaban J connectivity index is 0.887. The topological polar surface area (TPSA) is 12.0 Å². The highest BCUT2D eigenvalue weighted by atomic mass is 32.2. The molecular weight excluding hydrogens is 611 g/mol. The van der Waals surface area contributed by atoms with Gasteiger partial charge in [-0.05, 0) is 174 Å². The second-order valence-electron chi connectivity index (χ2n) is 19.2. The molecule has 0 aromatic carbocycles. The van der Waals surface area contributed by atoms with E-state index in [1.54, 1.807) is 37.8 Å². The highest BCUT2D eigenvalue weighted by Gasteiger charge is 2.66. The molecule has 1 aliphatic heterocycles. The van der Waals surface area contributed by atoms with Crippen LogP contribution in [0.15, 0.2) is 70.5 Å². The molecule has 10 aliphatic carbocycles. The predicted octanol–water partition coefficient (Wildman–Crippen LogP) is 12.1. The number of nitrogens with one attached hydrogen (secondary N) is 1. The fourth-order valence-electron chi connectivity index (χ4n) is 15.6. The van der Waals surface area contributed by atoms with Crippen molar-refractivity contribution in [3.63, 3.8) is 0 Å². The van der Waals surface area contributed by atoms with Crippen LogP contribution in [-0.2, 0) is 0 Å². The molecule has 1 N–H and O–H groups in total. The summed E-state index contributed by atoms with van der Waals surface area (Å²) in [7, 11) is 0. The minimum absolute atomic E-state index is 0.313. The Morgan fingerprint density at radius 1 is 0.612 bits per heavy atom. The third-order valence-electron chi connectivity index (χ3n) is 17.5. The van der Waals surface area contributed by atoms with Gasteiger partial charge in [0.1, 0.15) is 0 Å². The van der Waals surface area contributed by atoms with Crippen molar-refractivity contribution in [2.24, 2.45) is 64.6 Å². The van der Waals surface area contributed by atoms with Gasteiger partial charge in [-0.1, -0.05) is 73.3 Å². The zero-order valence-corrected chi connectivity index (χ0v) is 31.1. The maximum absolute atomic E-state index is 4.31. The van der Waals surface area contributed by atoms with Crippen molar-refractivity contribution >= 4 is 11.8 Å². The van der Waals surface area contributed by atoms with E-state index in [1.165, 1.54) is 103 Å². The smallest absolute Gasteiger partial charge is 0.0302 e. The Kier molecular flexibility index (Phi) is 7.84. The molecule has 1 nitrogen and oxygen atoms in total. The second kappa shape index (κ2) is 12.3. The molecule has 12 atom stereocenters. The molecule has 1 spiro atoms. The van der Waals surface area contributed by atoms with E-state index in [0.717, 1.165) is 57.8 Å². The molecule has 49 heavy (non-hydrogen) atoms. The Morgan fingerprint density at radius 3 is 2.18 bits per heavy atom. The fourth-order valence-corrected chi connectivity index (χ4v) is 17.7. The Hall–Kier alpha value is -1.41. The Morgan fingerprint density at radius 2 is 1.31 bits per heavy atom. The summed E-state index contributed by atoms with van der Waals surface area (Å²) in [5.74, 6) is 9.13. The highest BCUT2D eigenvalue weighted by Crippen LogP contribution is 2.74. The summed E-state index contributed by atoms with van der Waals surface area (Å²) < 4.78 is 0. The molecule has 3 saturated carbocycles. The quantitative estimate of drug-likeness (QED) is 0.299. The van der Waals surface area contributed by atoms with E-state index in [1.807, 2.05) is 22.3 Å². The number of thioether (sulfide) groups is 1. The number of hydrogen-bond acceptors (Lipinski definition) is 2. The zero-order chi connectivity index (χ0) is 32.1. The molecular formula is C47H63NS. The van der Waals surface area contributed by atoms with Crippen molar-refractivity contribution in [3.8, 4) is 0 Å². The van der Waals surface area contributed by atoms with E-state index in [-0.39, 0.29) is 0 Å². The first-order valence-electron chi connectivity index (χ1n) is 21.9. The number of allylic oxidation sites excluding steroid dienone is 10. The van der Waals surface area contributed by atoms with Crippen molar-refractivity contribution in [2.75, 3.05) is 0 Å². The van der Waals surface area contributed by atoms with Crippen molar-refractivity contribution in [1.29, 1.82) is 0 Å². The second-order valence-corrected chi connectivity index (χ2v) is 20.5. The average Bonchev–Trinajstić information content (AvgIpc) is 3.79. The molecule has 0 bridgehead atoms. The average molecular weight is 674 g/mol. The maximum Gasteiger partial charge on any atom is 0.0302 e. The van der Waals surface area contributed by atoms with Crippen LogP contribution in [0.3, 0.4) is 0 Å². The molecule has 11 rings (SSSR count). The standard InChI is InChI=1S/C47H63NS/c1-2-10-31-27-32(18-17-29(31)9-1)30-19-21-33(22-20-30)48-34-23-24-36-35-11-3-6-14-40(35)47(43(36)28-34)41-15-7-4-13-39(41)45-42(47)26-25-38-37-12-5-8-16-44(37)49-46(38)45/h3-4,8,11,13,16,28-33,35,37-41,44,46,48H,1-2,5-7,9-10,12,14-15,17-27H2. The predicted molar refractivity (Wildman–Crippen MR) is 206 cm³/mol. The Bertz CT molecular complexity index is 1510. The first-order chi connectivity index (χ1) is 24.3. The summed E-state index contributed by atoms with van der Waals surface area (Å²) in [6, 6.07) is 0.709. The van der Waals surface area contributed by atoms with Gasteiger partial charge in [0.05, 0.1) is 0 Å². The van der Waals surface area contributed by atoms with Crippen LogP contribution in [0.25, 0.3) is 0 Å². The first kappa shape index (κ1) is 31.1. The molecule has 262 valence electrons. The van der Waals surface area contributed by atoms with Crippen LogP contribution in [0.2, 0.25) is 0 Å². The minimum atomic E-state index is 0.313. The van der Waals surface area contributed by atoms with Gasteiger partial charge in [0.2, 0.25) is 0 Å². The monoisotopic (exact) mass is 673 g/mol. The van der Waals surface area contributed by atoms with E-state index in [2.05, 4.69) is 59.6 Å². The minimum Gasteiger partial charge on any atom is -0.386 e. The fraction of sp³-hybridized carbons (Fsp3) is 0.745. The van der Waals surface area contributed by atoms with Gasteiger partial charge in [0.25, 0.3) is 0 Å². The SMILES string of the molecule is C1=CC2SC3C4=C(CCC3C2CC1)C1(C2=C(CCC(NC3CCC(C5CCC6CCCCC6C5)CC3)=C2)C2C=CCCC21)C1CCC=CC41. The summed E-state index contributed by atoms with van der Waals surface area (Å²) >= 11 is 2.41. The normalized spacial score (nSPS) is 49.5. The van der Waals surface area contributed by atoms with Gasteiger partial charge in [0.15, 0.2) is 0 Å². The van der Waals surface area contributed by atoms with Crippen LogP contribution in [0, 0.1) is 64.6 Å². The Labute approximate surface area is 302 Å². The van der Waals surface area contributed by atoms with Gasteiger partial charge in [-0.25, -0.2) is 0 Å². The van der Waals surface area contributed by atoms with Crippen LogP contribution < -0.4 is 5.32 Å². The van der Waals surface area contributed by atoms with Crippen molar-refractivity contribution in [3.05, 3.63) is 70.5 Å².